The minimum atomic E-state index is -0.0412. The molecule has 1 atom stereocenters. The number of rotatable bonds is 6. The first-order valence-corrected chi connectivity index (χ1v) is 8.64. The molecule has 1 aliphatic rings. The monoisotopic (exact) mass is 386 g/mol. The van der Waals surface area contributed by atoms with Crippen molar-refractivity contribution < 1.29 is 19.0 Å². The third-order valence-electron chi connectivity index (χ3n) is 5.02. The summed E-state index contributed by atoms with van der Waals surface area (Å²) >= 11 is 0. The van der Waals surface area contributed by atoms with Crippen LogP contribution in [0.2, 0.25) is 0 Å². The van der Waals surface area contributed by atoms with E-state index in [1.54, 1.807) is 21.3 Å². The van der Waals surface area contributed by atoms with Crippen molar-refractivity contribution in [2.45, 2.75) is 39.2 Å². The largest absolute Gasteiger partial charge is 0.493 e. The van der Waals surface area contributed by atoms with E-state index in [-0.39, 0.29) is 29.8 Å². The van der Waals surface area contributed by atoms with Gasteiger partial charge in [-0.05, 0) is 36.0 Å². The van der Waals surface area contributed by atoms with Crippen LogP contribution in [0.1, 0.15) is 32.3 Å². The van der Waals surface area contributed by atoms with Gasteiger partial charge in [-0.15, -0.1) is 12.4 Å². The average Bonchev–Trinajstić information content (AvgIpc) is 2.60. The van der Waals surface area contributed by atoms with Crippen molar-refractivity contribution in [2.24, 2.45) is 11.1 Å². The van der Waals surface area contributed by atoms with E-state index in [9.17, 15) is 4.79 Å². The molecule has 26 heavy (non-hydrogen) atoms. The van der Waals surface area contributed by atoms with Crippen molar-refractivity contribution in [3.05, 3.63) is 17.7 Å². The molecule has 1 fully saturated rings. The zero-order valence-corrected chi connectivity index (χ0v) is 17.1. The summed E-state index contributed by atoms with van der Waals surface area (Å²) in [7, 11) is 4.75. The number of carbonyl (C=O) groups excluding carboxylic acids is 1. The molecular formula is C19H31ClN2O4. The normalized spacial score (nSPS) is 18.7. The standard InChI is InChI=1S/C19H30N2O4.ClH/c1-19(2)12-21(9-8-16(19)20)17(22)7-6-13-10-14(23-3)18(25-5)15(11-13)24-4;/h10-11,16H,6-9,12,20H2,1-5H3;1H. The summed E-state index contributed by atoms with van der Waals surface area (Å²) in [6.07, 6.45) is 1.92. The first kappa shape index (κ1) is 22.4. The van der Waals surface area contributed by atoms with Crippen LogP contribution in [0.15, 0.2) is 12.1 Å². The molecule has 0 aliphatic carbocycles. The second-order valence-electron chi connectivity index (χ2n) is 7.23. The minimum absolute atomic E-state index is 0. The predicted molar refractivity (Wildman–Crippen MR) is 105 cm³/mol. The second kappa shape index (κ2) is 9.33. The van der Waals surface area contributed by atoms with Crippen molar-refractivity contribution in [3.8, 4) is 17.2 Å². The smallest absolute Gasteiger partial charge is 0.222 e. The van der Waals surface area contributed by atoms with Gasteiger partial charge in [-0.25, -0.2) is 0 Å². The predicted octanol–water partition coefficient (Wildman–Crippen LogP) is 2.65. The third kappa shape index (κ3) is 4.95. The number of hydrogen-bond donors (Lipinski definition) is 1. The Morgan fingerprint density at radius 1 is 1.19 bits per heavy atom. The maximum absolute atomic E-state index is 12.6. The van der Waals surface area contributed by atoms with Gasteiger partial charge in [0.25, 0.3) is 0 Å². The lowest BCUT2D eigenvalue weighted by Gasteiger charge is -2.42. The van der Waals surface area contributed by atoms with Crippen LogP contribution in [-0.2, 0) is 11.2 Å². The number of likely N-dealkylation sites (tertiary alicyclic amines) is 1. The van der Waals surface area contributed by atoms with Crippen LogP contribution in [0.4, 0.5) is 0 Å². The molecule has 1 amide bonds. The van der Waals surface area contributed by atoms with Gasteiger partial charge in [-0.1, -0.05) is 13.8 Å². The fraction of sp³-hybridized carbons (Fsp3) is 0.632. The number of hydrogen-bond acceptors (Lipinski definition) is 5. The zero-order valence-electron chi connectivity index (χ0n) is 16.3. The van der Waals surface area contributed by atoms with Crippen molar-refractivity contribution in [3.63, 3.8) is 0 Å². The zero-order chi connectivity index (χ0) is 18.6. The number of aryl methyl sites for hydroxylation is 1. The molecule has 148 valence electrons. The SMILES string of the molecule is COc1cc(CCC(=O)N2CCC(N)C(C)(C)C2)cc(OC)c1OC.Cl. The summed E-state index contributed by atoms with van der Waals surface area (Å²) in [6, 6.07) is 3.93. The lowest BCUT2D eigenvalue weighted by molar-refractivity contribution is -0.134. The maximum atomic E-state index is 12.6. The molecule has 2 rings (SSSR count). The molecule has 1 saturated heterocycles. The maximum Gasteiger partial charge on any atom is 0.222 e. The quantitative estimate of drug-likeness (QED) is 0.813. The Labute approximate surface area is 162 Å². The number of nitrogens with zero attached hydrogens (tertiary/aromatic N) is 1. The summed E-state index contributed by atoms with van der Waals surface area (Å²) in [6.45, 7) is 5.69. The molecule has 0 saturated carbocycles. The molecule has 0 spiro atoms. The summed E-state index contributed by atoms with van der Waals surface area (Å²) < 4.78 is 16.1. The number of nitrogens with two attached hydrogens (primary N) is 1. The van der Waals surface area contributed by atoms with E-state index in [1.807, 2.05) is 17.0 Å². The van der Waals surface area contributed by atoms with E-state index in [4.69, 9.17) is 19.9 Å². The molecule has 2 N–H and O–H groups in total. The Bertz CT molecular complexity index is 597. The number of piperidine rings is 1. The van der Waals surface area contributed by atoms with Gasteiger partial charge in [0, 0.05) is 25.6 Å². The third-order valence-corrected chi connectivity index (χ3v) is 5.02. The Morgan fingerprint density at radius 2 is 1.77 bits per heavy atom. The highest BCUT2D eigenvalue weighted by molar-refractivity contribution is 5.85. The van der Waals surface area contributed by atoms with Crippen LogP contribution in [0.3, 0.4) is 0 Å². The number of ether oxygens (including phenoxy) is 3. The lowest BCUT2D eigenvalue weighted by atomic mass is 9.79. The number of carbonyl (C=O) groups is 1. The van der Waals surface area contributed by atoms with Crippen LogP contribution in [-0.4, -0.2) is 51.3 Å². The van der Waals surface area contributed by atoms with Gasteiger partial charge in [0.1, 0.15) is 0 Å². The second-order valence-corrected chi connectivity index (χ2v) is 7.23. The van der Waals surface area contributed by atoms with Gasteiger partial charge in [0.2, 0.25) is 11.7 Å². The van der Waals surface area contributed by atoms with Crippen molar-refractivity contribution in [2.75, 3.05) is 34.4 Å². The summed E-state index contributed by atoms with van der Waals surface area (Å²) in [4.78, 5) is 14.5. The summed E-state index contributed by atoms with van der Waals surface area (Å²) in [5.74, 6) is 1.93. The van der Waals surface area contributed by atoms with Crippen LogP contribution < -0.4 is 19.9 Å². The Morgan fingerprint density at radius 3 is 2.23 bits per heavy atom. The van der Waals surface area contributed by atoms with Gasteiger partial charge in [0.15, 0.2) is 11.5 Å². The van der Waals surface area contributed by atoms with Crippen molar-refractivity contribution >= 4 is 18.3 Å². The highest BCUT2D eigenvalue weighted by Crippen LogP contribution is 2.38. The van der Waals surface area contributed by atoms with Crippen molar-refractivity contribution in [1.29, 1.82) is 0 Å². The highest BCUT2D eigenvalue weighted by Gasteiger charge is 2.35. The van der Waals surface area contributed by atoms with Gasteiger partial charge < -0.3 is 24.8 Å². The summed E-state index contributed by atoms with van der Waals surface area (Å²) in [5, 5.41) is 0. The molecule has 1 heterocycles. The molecule has 0 aromatic heterocycles. The van der Waals surface area contributed by atoms with Crippen LogP contribution in [0, 0.1) is 5.41 Å². The minimum Gasteiger partial charge on any atom is -0.493 e. The highest BCUT2D eigenvalue weighted by atomic mass is 35.5. The number of benzene rings is 1. The van der Waals surface area contributed by atoms with E-state index in [0.29, 0.717) is 36.6 Å². The molecular weight excluding hydrogens is 356 g/mol. The van der Waals surface area contributed by atoms with Gasteiger partial charge >= 0.3 is 0 Å². The fourth-order valence-corrected chi connectivity index (χ4v) is 3.28. The number of methoxy groups -OCH3 is 3. The fourth-order valence-electron chi connectivity index (χ4n) is 3.28. The van der Waals surface area contributed by atoms with Crippen LogP contribution in [0.5, 0.6) is 17.2 Å². The molecule has 0 bridgehead atoms. The van der Waals surface area contributed by atoms with Crippen LogP contribution in [0.25, 0.3) is 0 Å². The van der Waals surface area contributed by atoms with Gasteiger partial charge in [-0.3, -0.25) is 4.79 Å². The number of amides is 1. The molecule has 1 aliphatic heterocycles. The van der Waals surface area contributed by atoms with E-state index in [0.717, 1.165) is 18.5 Å². The average molecular weight is 387 g/mol. The first-order chi connectivity index (χ1) is 11.8. The first-order valence-electron chi connectivity index (χ1n) is 8.64. The number of halogens is 1. The Kier molecular flexibility index (Phi) is 8.03. The van der Waals surface area contributed by atoms with Crippen LogP contribution >= 0.6 is 12.4 Å². The Hall–Kier alpha value is -1.66. The Balaban J connectivity index is 0.00000338. The molecule has 0 radical (unpaired) electrons. The topological polar surface area (TPSA) is 74.0 Å². The molecule has 6 nitrogen and oxygen atoms in total. The summed E-state index contributed by atoms with van der Waals surface area (Å²) in [5.41, 5.74) is 7.09. The van der Waals surface area contributed by atoms with E-state index in [1.165, 1.54) is 0 Å². The van der Waals surface area contributed by atoms with Gasteiger partial charge in [0.05, 0.1) is 21.3 Å². The van der Waals surface area contributed by atoms with Gasteiger partial charge in [-0.2, -0.15) is 0 Å². The van der Waals surface area contributed by atoms with Crippen molar-refractivity contribution in [1.82, 2.24) is 4.90 Å². The molecule has 1 aromatic rings. The van der Waals surface area contributed by atoms with E-state index in [2.05, 4.69) is 13.8 Å². The van der Waals surface area contributed by atoms with E-state index >= 15 is 0 Å². The van der Waals surface area contributed by atoms with E-state index < -0.39 is 0 Å². The molecule has 1 unspecified atom stereocenters. The molecule has 7 heteroatoms. The molecule has 1 aromatic carbocycles. The lowest BCUT2D eigenvalue weighted by Crippen LogP contribution is -2.54.